The van der Waals surface area contributed by atoms with Crippen molar-refractivity contribution in [3.05, 3.63) is 30.0 Å². The number of fused-ring (bicyclic) bond motifs is 1. The van der Waals surface area contributed by atoms with Gasteiger partial charge in [0.05, 0.1) is 5.39 Å². The zero-order valence-electron chi connectivity index (χ0n) is 8.03. The maximum absolute atomic E-state index is 10.8. The van der Waals surface area contributed by atoms with Crippen molar-refractivity contribution in [3.63, 3.8) is 0 Å². The van der Waals surface area contributed by atoms with Crippen LogP contribution in [0.4, 0.5) is 0 Å². The Balaban J connectivity index is 2.58. The maximum atomic E-state index is 10.8. The molecule has 0 aliphatic rings. The fraction of sp³-hybridized carbons (Fsp3) is 0.182. The highest BCUT2D eigenvalue weighted by Gasteiger charge is 2.07. The summed E-state index contributed by atoms with van der Waals surface area (Å²) in [5, 5.41) is 0.834. The lowest BCUT2D eigenvalue weighted by atomic mass is 10.2. The van der Waals surface area contributed by atoms with Crippen molar-refractivity contribution in [1.82, 2.24) is 0 Å². The van der Waals surface area contributed by atoms with Gasteiger partial charge in [-0.15, -0.1) is 0 Å². The maximum Gasteiger partial charge on any atom is 0.308 e. The van der Waals surface area contributed by atoms with E-state index >= 15 is 0 Å². The molecule has 2 rings (SSSR count). The van der Waals surface area contributed by atoms with Gasteiger partial charge < -0.3 is 9.15 Å². The molecule has 3 nitrogen and oxygen atoms in total. The Morgan fingerprint density at radius 2 is 2.21 bits per heavy atom. The van der Waals surface area contributed by atoms with E-state index in [1.165, 1.54) is 6.92 Å². The monoisotopic (exact) mass is 190 g/mol. The minimum atomic E-state index is -0.323. The molecule has 1 aromatic carbocycles. The van der Waals surface area contributed by atoms with Gasteiger partial charge in [0.2, 0.25) is 0 Å². The van der Waals surface area contributed by atoms with Gasteiger partial charge in [0.25, 0.3) is 0 Å². The molecule has 0 unspecified atom stereocenters. The van der Waals surface area contributed by atoms with Crippen LogP contribution < -0.4 is 4.74 Å². The second-order valence-electron chi connectivity index (χ2n) is 3.12. The van der Waals surface area contributed by atoms with Gasteiger partial charge in [0.1, 0.15) is 17.1 Å². The Morgan fingerprint density at radius 3 is 2.93 bits per heavy atom. The van der Waals surface area contributed by atoms with Crippen LogP contribution in [0.25, 0.3) is 11.0 Å². The fourth-order valence-corrected chi connectivity index (χ4v) is 1.41. The van der Waals surface area contributed by atoms with E-state index in [-0.39, 0.29) is 5.97 Å². The molecule has 0 saturated carbocycles. The summed E-state index contributed by atoms with van der Waals surface area (Å²) >= 11 is 0. The standard InChI is InChI=1S/C11H10O3/c1-7-6-9-10(13-7)4-3-5-11(9)14-8(2)12/h3-6H,1-2H3. The number of carbonyl (C=O) groups is 1. The lowest BCUT2D eigenvalue weighted by Gasteiger charge is -2.00. The molecule has 72 valence electrons. The zero-order chi connectivity index (χ0) is 10.1. The van der Waals surface area contributed by atoms with Crippen molar-refractivity contribution >= 4 is 16.9 Å². The van der Waals surface area contributed by atoms with Gasteiger partial charge in [-0.1, -0.05) is 6.07 Å². The van der Waals surface area contributed by atoms with Crippen LogP contribution in [-0.4, -0.2) is 5.97 Å². The number of furan rings is 1. The second-order valence-corrected chi connectivity index (χ2v) is 3.12. The van der Waals surface area contributed by atoms with E-state index < -0.39 is 0 Å². The van der Waals surface area contributed by atoms with Gasteiger partial charge in [0, 0.05) is 6.92 Å². The summed E-state index contributed by atoms with van der Waals surface area (Å²) in [6.45, 7) is 3.24. The van der Waals surface area contributed by atoms with Gasteiger partial charge in [-0.3, -0.25) is 4.79 Å². The Labute approximate surface area is 81.3 Å². The van der Waals surface area contributed by atoms with Crippen LogP contribution in [0.5, 0.6) is 5.75 Å². The average Bonchev–Trinajstić information content (AvgIpc) is 2.45. The Bertz CT molecular complexity index is 482. The number of esters is 1. The molecule has 2 aromatic rings. The summed E-state index contributed by atoms with van der Waals surface area (Å²) in [4.78, 5) is 10.8. The average molecular weight is 190 g/mol. The molecule has 0 bridgehead atoms. The summed E-state index contributed by atoms with van der Waals surface area (Å²) < 4.78 is 10.4. The molecule has 0 saturated heterocycles. The highest BCUT2D eigenvalue weighted by atomic mass is 16.5. The van der Waals surface area contributed by atoms with Crippen LogP contribution in [0.1, 0.15) is 12.7 Å². The molecular weight excluding hydrogens is 180 g/mol. The van der Waals surface area contributed by atoms with Crippen molar-refractivity contribution in [3.8, 4) is 5.75 Å². The predicted octanol–water partition coefficient (Wildman–Crippen LogP) is 2.67. The molecule has 3 heteroatoms. The molecule has 0 radical (unpaired) electrons. The lowest BCUT2D eigenvalue weighted by molar-refractivity contribution is -0.131. The molecular formula is C11H10O3. The number of hydrogen-bond donors (Lipinski definition) is 0. The Morgan fingerprint density at radius 1 is 1.43 bits per heavy atom. The second kappa shape index (κ2) is 3.18. The van der Waals surface area contributed by atoms with Crippen LogP contribution in [0.3, 0.4) is 0 Å². The van der Waals surface area contributed by atoms with E-state index in [1.54, 1.807) is 12.1 Å². The minimum absolute atomic E-state index is 0.323. The lowest BCUT2D eigenvalue weighted by Crippen LogP contribution is -2.01. The molecule has 1 heterocycles. The van der Waals surface area contributed by atoms with Gasteiger partial charge in [0.15, 0.2) is 0 Å². The first-order valence-corrected chi connectivity index (χ1v) is 4.34. The topological polar surface area (TPSA) is 39.4 Å². The van der Waals surface area contributed by atoms with Crippen molar-refractivity contribution in [2.45, 2.75) is 13.8 Å². The first-order chi connectivity index (χ1) is 6.66. The van der Waals surface area contributed by atoms with Gasteiger partial charge in [-0.05, 0) is 25.1 Å². The number of rotatable bonds is 1. The van der Waals surface area contributed by atoms with Crippen LogP contribution in [-0.2, 0) is 4.79 Å². The van der Waals surface area contributed by atoms with Crippen LogP contribution in [0.2, 0.25) is 0 Å². The molecule has 1 aromatic heterocycles. The van der Waals surface area contributed by atoms with E-state index in [0.717, 1.165) is 16.7 Å². The van der Waals surface area contributed by atoms with Crippen molar-refractivity contribution < 1.29 is 13.9 Å². The largest absolute Gasteiger partial charge is 0.461 e. The molecule has 0 aliphatic carbocycles. The smallest absolute Gasteiger partial charge is 0.308 e. The number of carbonyl (C=O) groups excluding carboxylic acids is 1. The summed E-state index contributed by atoms with van der Waals surface area (Å²) in [5.74, 6) is 1.03. The third-order valence-electron chi connectivity index (χ3n) is 1.90. The van der Waals surface area contributed by atoms with Crippen molar-refractivity contribution in [2.24, 2.45) is 0 Å². The predicted molar refractivity (Wildman–Crippen MR) is 52.3 cm³/mol. The van der Waals surface area contributed by atoms with Gasteiger partial charge in [-0.25, -0.2) is 0 Å². The normalized spacial score (nSPS) is 10.4. The summed E-state index contributed by atoms with van der Waals surface area (Å²) in [5.41, 5.74) is 0.737. The quantitative estimate of drug-likeness (QED) is 0.512. The summed E-state index contributed by atoms with van der Waals surface area (Å²) in [7, 11) is 0. The summed E-state index contributed by atoms with van der Waals surface area (Å²) in [6.07, 6.45) is 0. The first-order valence-electron chi connectivity index (χ1n) is 4.34. The van der Waals surface area contributed by atoms with E-state index in [2.05, 4.69) is 0 Å². The number of hydrogen-bond acceptors (Lipinski definition) is 3. The molecule has 14 heavy (non-hydrogen) atoms. The molecule has 0 fully saturated rings. The number of benzene rings is 1. The molecule has 0 N–H and O–H groups in total. The van der Waals surface area contributed by atoms with Crippen LogP contribution in [0.15, 0.2) is 28.7 Å². The number of aryl methyl sites for hydroxylation is 1. The minimum Gasteiger partial charge on any atom is -0.461 e. The summed E-state index contributed by atoms with van der Waals surface area (Å²) in [6, 6.07) is 7.24. The van der Waals surface area contributed by atoms with Crippen molar-refractivity contribution in [1.29, 1.82) is 0 Å². The zero-order valence-corrected chi connectivity index (χ0v) is 8.03. The molecule has 0 amide bonds. The first kappa shape index (κ1) is 8.81. The Kier molecular flexibility index (Phi) is 2.00. The highest BCUT2D eigenvalue weighted by molar-refractivity contribution is 5.87. The van der Waals surface area contributed by atoms with Crippen molar-refractivity contribution in [2.75, 3.05) is 0 Å². The molecule has 0 spiro atoms. The Hall–Kier alpha value is -1.77. The van der Waals surface area contributed by atoms with E-state index in [0.29, 0.717) is 5.75 Å². The third kappa shape index (κ3) is 1.48. The fourth-order valence-electron chi connectivity index (χ4n) is 1.41. The molecule has 0 aliphatic heterocycles. The number of ether oxygens (including phenoxy) is 1. The van der Waals surface area contributed by atoms with E-state index in [1.807, 2.05) is 19.1 Å². The van der Waals surface area contributed by atoms with Gasteiger partial charge in [-0.2, -0.15) is 0 Å². The van der Waals surface area contributed by atoms with E-state index in [9.17, 15) is 4.79 Å². The van der Waals surface area contributed by atoms with Gasteiger partial charge >= 0.3 is 5.97 Å². The highest BCUT2D eigenvalue weighted by Crippen LogP contribution is 2.28. The third-order valence-corrected chi connectivity index (χ3v) is 1.90. The van der Waals surface area contributed by atoms with E-state index in [4.69, 9.17) is 9.15 Å². The SMILES string of the molecule is CC(=O)Oc1cccc2oc(C)cc12. The molecule has 0 atom stereocenters. The van der Waals surface area contributed by atoms with Crippen LogP contribution >= 0.6 is 0 Å². The van der Waals surface area contributed by atoms with Crippen LogP contribution in [0, 0.1) is 6.92 Å².